The zero-order valence-corrected chi connectivity index (χ0v) is 23.2. The first-order valence-electron chi connectivity index (χ1n) is 11.7. The van der Waals surface area contributed by atoms with E-state index in [-0.39, 0.29) is 27.7 Å². The molecule has 2 amide bonds. The molecule has 12 heteroatoms. The van der Waals surface area contributed by atoms with Crippen molar-refractivity contribution >= 4 is 58.0 Å². The minimum Gasteiger partial charge on any atom is -0.494 e. The van der Waals surface area contributed by atoms with Crippen LogP contribution in [0.3, 0.4) is 0 Å². The molecule has 0 aliphatic carbocycles. The summed E-state index contributed by atoms with van der Waals surface area (Å²) in [7, 11) is 1.29. The number of nitrogens with one attached hydrogen (secondary N) is 2. The van der Waals surface area contributed by atoms with Gasteiger partial charge in [0.15, 0.2) is 5.75 Å². The van der Waals surface area contributed by atoms with Crippen molar-refractivity contribution in [2.75, 3.05) is 17.7 Å². The van der Waals surface area contributed by atoms with E-state index in [9.17, 15) is 22.8 Å². The molecule has 41 heavy (non-hydrogen) atoms. The van der Waals surface area contributed by atoms with E-state index in [4.69, 9.17) is 39.5 Å². The molecule has 0 saturated carbocycles. The number of carbonyl (C=O) groups excluding carboxylic acids is 2. The van der Waals surface area contributed by atoms with Gasteiger partial charge in [-0.05, 0) is 48.5 Å². The molecule has 0 bridgehead atoms. The molecule has 0 aromatic heterocycles. The molecule has 1 atom stereocenters. The second-order valence-corrected chi connectivity index (χ2v) is 9.89. The number of rotatable bonds is 7. The van der Waals surface area contributed by atoms with E-state index in [1.807, 2.05) is 0 Å². The number of ether oxygens (including phenoxy) is 1. The van der Waals surface area contributed by atoms with Gasteiger partial charge in [0, 0.05) is 21.7 Å². The van der Waals surface area contributed by atoms with Gasteiger partial charge in [0.25, 0.3) is 17.5 Å². The van der Waals surface area contributed by atoms with Crippen molar-refractivity contribution < 1.29 is 31.9 Å². The van der Waals surface area contributed by atoms with Crippen molar-refractivity contribution in [3.05, 3.63) is 122 Å². The van der Waals surface area contributed by atoms with Crippen molar-refractivity contribution in [2.45, 2.75) is 11.8 Å². The van der Waals surface area contributed by atoms with Crippen molar-refractivity contribution in [3.63, 3.8) is 0 Å². The van der Waals surface area contributed by atoms with Gasteiger partial charge in [-0.3, -0.25) is 9.59 Å². The number of hydrogen-bond acceptors (Lipinski definition) is 3. The van der Waals surface area contributed by atoms with Gasteiger partial charge in [-0.1, -0.05) is 71.2 Å². The first-order valence-corrected chi connectivity index (χ1v) is 12.9. The average Bonchev–Trinajstić information content (AvgIpc) is 2.94. The van der Waals surface area contributed by atoms with Crippen LogP contribution in [0, 0.1) is 0 Å². The molecule has 0 spiro atoms. The highest BCUT2D eigenvalue weighted by atomic mass is 35.5. The van der Waals surface area contributed by atoms with E-state index >= 15 is 4.39 Å². The Balaban J connectivity index is 1.67. The maximum absolute atomic E-state index is 15.9. The molecular weight excluding hydrogens is 607 g/mol. The Morgan fingerprint density at radius 3 is 1.90 bits per heavy atom. The van der Waals surface area contributed by atoms with E-state index in [0.717, 1.165) is 36.4 Å². The summed E-state index contributed by atoms with van der Waals surface area (Å²) in [5.74, 6) is -1.27. The first-order chi connectivity index (χ1) is 19.4. The number of para-hydroxylation sites is 1. The maximum Gasteiger partial charge on any atom is 0.431 e. The van der Waals surface area contributed by atoms with Crippen LogP contribution in [0.5, 0.6) is 5.75 Å². The van der Waals surface area contributed by atoms with Gasteiger partial charge in [0.2, 0.25) is 0 Å². The molecule has 5 nitrogen and oxygen atoms in total. The van der Waals surface area contributed by atoms with Crippen LogP contribution in [-0.4, -0.2) is 25.1 Å². The summed E-state index contributed by atoms with van der Waals surface area (Å²) in [5, 5.41) is 4.31. The largest absolute Gasteiger partial charge is 0.494 e. The molecular formula is C29H19Cl3F4N2O3. The summed E-state index contributed by atoms with van der Waals surface area (Å²) in [5.41, 5.74) is -5.39. The zero-order chi connectivity index (χ0) is 29.9. The van der Waals surface area contributed by atoms with E-state index in [1.165, 1.54) is 25.3 Å². The Labute approximate surface area is 247 Å². The Kier molecular flexibility index (Phi) is 8.82. The van der Waals surface area contributed by atoms with E-state index in [0.29, 0.717) is 5.56 Å². The number of benzene rings is 4. The predicted octanol–water partition coefficient (Wildman–Crippen LogP) is 8.94. The van der Waals surface area contributed by atoms with Gasteiger partial charge < -0.3 is 15.4 Å². The summed E-state index contributed by atoms with van der Waals surface area (Å²) in [4.78, 5) is 25.8. The molecule has 2 N–H and O–H groups in total. The molecule has 0 radical (unpaired) electrons. The van der Waals surface area contributed by atoms with Crippen molar-refractivity contribution in [1.82, 2.24) is 0 Å². The van der Waals surface area contributed by atoms with Gasteiger partial charge in [-0.25, -0.2) is 4.39 Å². The lowest BCUT2D eigenvalue weighted by atomic mass is 9.87. The summed E-state index contributed by atoms with van der Waals surface area (Å²) < 4.78 is 63.5. The third-order valence-electron chi connectivity index (χ3n) is 6.06. The smallest absolute Gasteiger partial charge is 0.431 e. The molecule has 0 heterocycles. The molecule has 4 aromatic rings. The summed E-state index contributed by atoms with van der Waals surface area (Å²) >= 11 is 18.2. The van der Waals surface area contributed by atoms with Crippen molar-refractivity contribution in [3.8, 4) is 5.75 Å². The topological polar surface area (TPSA) is 67.4 Å². The highest BCUT2D eigenvalue weighted by Gasteiger charge is 2.58. The number of alkyl halides is 4. The van der Waals surface area contributed by atoms with E-state index < -0.39 is 44.8 Å². The number of halogens is 7. The fourth-order valence-electron chi connectivity index (χ4n) is 4.06. The minimum atomic E-state index is -5.39. The van der Waals surface area contributed by atoms with Crippen LogP contribution >= 0.6 is 34.8 Å². The van der Waals surface area contributed by atoms with Crippen LogP contribution < -0.4 is 15.4 Å². The number of amides is 2. The molecule has 0 fully saturated rings. The van der Waals surface area contributed by atoms with E-state index in [2.05, 4.69) is 10.6 Å². The number of hydrogen-bond donors (Lipinski definition) is 2. The number of carbonyl (C=O) groups is 2. The van der Waals surface area contributed by atoms with E-state index in [1.54, 1.807) is 30.3 Å². The Morgan fingerprint density at radius 1 is 0.732 bits per heavy atom. The molecule has 212 valence electrons. The highest BCUT2D eigenvalue weighted by Crippen LogP contribution is 2.50. The number of methoxy groups -OCH3 is 1. The fourth-order valence-corrected chi connectivity index (χ4v) is 4.77. The summed E-state index contributed by atoms with van der Waals surface area (Å²) in [6.07, 6.45) is -5.39. The molecule has 0 saturated heterocycles. The van der Waals surface area contributed by atoms with Gasteiger partial charge in [-0.15, -0.1) is 0 Å². The van der Waals surface area contributed by atoms with Gasteiger partial charge in [0.1, 0.15) is 0 Å². The monoisotopic (exact) mass is 624 g/mol. The summed E-state index contributed by atoms with van der Waals surface area (Å²) in [6.45, 7) is 0. The molecule has 1 unspecified atom stereocenters. The van der Waals surface area contributed by atoms with Gasteiger partial charge in [0.05, 0.1) is 34.1 Å². The second kappa shape index (κ2) is 12.0. The van der Waals surface area contributed by atoms with Crippen LogP contribution in [0.25, 0.3) is 0 Å². The second-order valence-electron chi connectivity index (χ2n) is 8.64. The van der Waals surface area contributed by atoms with Crippen molar-refractivity contribution in [2.24, 2.45) is 0 Å². The zero-order valence-electron chi connectivity index (χ0n) is 21.0. The van der Waals surface area contributed by atoms with Gasteiger partial charge >= 0.3 is 6.18 Å². The minimum absolute atomic E-state index is 0.000677. The normalized spacial score (nSPS) is 12.8. The Bertz CT molecular complexity index is 1580. The lowest BCUT2D eigenvalue weighted by Crippen LogP contribution is -2.39. The lowest BCUT2D eigenvalue weighted by molar-refractivity contribution is -0.219. The average molecular weight is 626 g/mol. The van der Waals surface area contributed by atoms with Crippen LogP contribution in [0.2, 0.25) is 15.1 Å². The quantitative estimate of drug-likeness (QED) is 0.202. The van der Waals surface area contributed by atoms with Crippen LogP contribution in [-0.2, 0) is 5.67 Å². The molecule has 0 aliphatic heterocycles. The van der Waals surface area contributed by atoms with Gasteiger partial charge in [-0.2, -0.15) is 13.2 Å². The Morgan fingerprint density at radius 2 is 1.34 bits per heavy atom. The Hall–Kier alpha value is -3.79. The first kappa shape index (κ1) is 30.2. The van der Waals surface area contributed by atoms with Crippen LogP contribution in [0.4, 0.5) is 28.9 Å². The maximum atomic E-state index is 15.9. The third kappa shape index (κ3) is 6.12. The number of anilines is 2. The predicted molar refractivity (Wildman–Crippen MR) is 151 cm³/mol. The third-order valence-corrected chi connectivity index (χ3v) is 6.91. The molecule has 4 aromatic carbocycles. The standard InChI is InChI=1S/C29H19Cl3F4N2O3/c1-41-25-20(8-5-9-23(25)37-26(39)16-6-3-2-4-7-16)27(40)38-24-21(31)14-18(15-22(24)32)28(33,29(34,35)36)17-10-12-19(30)13-11-17/h2-15H,1H3,(H,37,39)(H,38,40). The van der Waals surface area contributed by atoms with Crippen LogP contribution in [0.15, 0.2) is 84.9 Å². The SMILES string of the molecule is COc1c(NC(=O)c2ccccc2)cccc1C(=O)Nc1c(Cl)cc(C(F)(c2ccc(Cl)cc2)C(F)(F)F)cc1Cl. The van der Waals surface area contributed by atoms with Crippen molar-refractivity contribution in [1.29, 1.82) is 0 Å². The molecule has 4 rings (SSSR count). The fraction of sp³-hybridized carbons (Fsp3) is 0.103. The molecule has 0 aliphatic rings. The van der Waals surface area contributed by atoms with Crippen LogP contribution in [0.1, 0.15) is 31.8 Å². The highest BCUT2D eigenvalue weighted by molar-refractivity contribution is 6.40. The summed E-state index contributed by atoms with van der Waals surface area (Å²) in [6, 6.07) is 18.2. The lowest BCUT2D eigenvalue weighted by Gasteiger charge is -2.29.